The van der Waals surface area contributed by atoms with Gasteiger partial charge in [0.25, 0.3) is 11.5 Å². The van der Waals surface area contributed by atoms with E-state index < -0.39 is 27.2 Å². The third-order valence-electron chi connectivity index (χ3n) is 4.66. The SMILES string of the molecule is COc1ccc(C(=O)Nc2cnc3c(c2)c(=O)n(C)c(=O)n3C)cc1S(=O)(=O)NC(C)C. The normalized spacial score (nSPS) is 11.7. The summed E-state index contributed by atoms with van der Waals surface area (Å²) in [4.78, 5) is 41.2. The number of hydrogen-bond acceptors (Lipinski definition) is 7. The van der Waals surface area contributed by atoms with Crippen molar-refractivity contribution < 1.29 is 17.9 Å². The maximum absolute atomic E-state index is 12.8. The lowest BCUT2D eigenvalue weighted by atomic mass is 10.2. The molecule has 3 rings (SSSR count). The van der Waals surface area contributed by atoms with Crippen LogP contribution in [0.25, 0.3) is 11.0 Å². The zero-order chi connectivity index (χ0) is 23.8. The Kier molecular flexibility index (Phi) is 6.19. The molecular formula is C20H23N5O6S. The lowest BCUT2D eigenvalue weighted by molar-refractivity contribution is 0.102. The Bertz CT molecular complexity index is 1440. The second-order valence-corrected chi connectivity index (χ2v) is 9.08. The number of hydrogen-bond donors (Lipinski definition) is 2. The predicted octanol–water partition coefficient (Wildman–Crippen LogP) is 0.580. The number of anilines is 1. The lowest BCUT2D eigenvalue weighted by Crippen LogP contribution is -2.37. The highest BCUT2D eigenvalue weighted by Crippen LogP contribution is 2.25. The minimum Gasteiger partial charge on any atom is -0.495 e. The number of nitrogens with zero attached hydrogens (tertiary/aromatic N) is 3. The van der Waals surface area contributed by atoms with Crippen LogP contribution >= 0.6 is 0 Å². The number of fused-ring (bicyclic) bond motifs is 1. The first kappa shape index (κ1) is 23.2. The second kappa shape index (κ2) is 8.55. The van der Waals surface area contributed by atoms with Crippen LogP contribution in [0, 0.1) is 0 Å². The Labute approximate surface area is 183 Å². The molecule has 0 saturated carbocycles. The maximum atomic E-state index is 12.8. The van der Waals surface area contributed by atoms with Gasteiger partial charge in [-0.15, -0.1) is 0 Å². The standard InChI is InChI=1S/C20H23N5O6S/c1-11(2)23-32(29,30)16-8-12(6-7-15(16)31-5)18(26)22-13-9-14-17(21-10-13)24(3)20(28)25(4)19(14)27/h6-11,23H,1-5H3,(H,22,26). The fourth-order valence-electron chi connectivity index (χ4n) is 3.14. The number of ether oxygens (including phenoxy) is 1. The molecule has 1 amide bonds. The first-order valence-electron chi connectivity index (χ1n) is 9.53. The number of pyridine rings is 1. The average Bonchev–Trinajstić information content (AvgIpc) is 2.74. The summed E-state index contributed by atoms with van der Waals surface area (Å²) in [5.74, 6) is -0.525. The Balaban J connectivity index is 2.00. The van der Waals surface area contributed by atoms with Crippen LogP contribution in [0.1, 0.15) is 24.2 Å². The Morgan fingerprint density at radius 3 is 2.44 bits per heavy atom. The van der Waals surface area contributed by atoms with Crippen LogP contribution < -0.4 is 26.0 Å². The molecule has 0 atom stereocenters. The van der Waals surface area contributed by atoms with Crippen molar-refractivity contribution in [3.8, 4) is 5.75 Å². The van der Waals surface area contributed by atoms with Crippen LogP contribution in [0.3, 0.4) is 0 Å². The molecule has 2 N–H and O–H groups in total. The number of aryl methyl sites for hydroxylation is 1. The number of rotatable bonds is 6. The topological polar surface area (TPSA) is 141 Å². The number of carbonyl (C=O) groups excluding carboxylic acids is 1. The van der Waals surface area contributed by atoms with Gasteiger partial charge >= 0.3 is 5.69 Å². The predicted molar refractivity (Wildman–Crippen MR) is 119 cm³/mol. The van der Waals surface area contributed by atoms with Gasteiger partial charge in [0.05, 0.1) is 24.4 Å². The largest absolute Gasteiger partial charge is 0.495 e. The highest BCUT2D eigenvalue weighted by molar-refractivity contribution is 7.89. The quantitative estimate of drug-likeness (QED) is 0.547. The fraction of sp³-hybridized carbons (Fsp3) is 0.300. The molecule has 3 aromatic rings. The molecule has 2 aromatic heterocycles. The van der Waals surface area contributed by atoms with Gasteiger partial charge < -0.3 is 10.1 Å². The first-order valence-corrected chi connectivity index (χ1v) is 11.0. The molecule has 0 aliphatic rings. The first-order chi connectivity index (χ1) is 15.0. The third kappa shape index (κ3) is 4.27. The molecule has 170 valence electrons. The van der Waals surface area contributed by atoms with Crippen molar-refractivity contribution in [1.29, 1.82) is 0 Å². The van der Waals surface area contributed by atoms with Crippen molar-refractivity contribution in [3.63, 3.8) is 0 Å². The van der Waals surface area contributed by atoms with Crippen LogP contribution in [-0.2, 0) is 24.1 Å². The molecule has 0 aliphatic heterocycles. The van der Waals surface area contributed by atoms with Crippen LogP contribution in [-0.4, -0.2) is 41.6 Å². The van der Waals surface area contributed by atoms with E-state index in [9.17, 15) is 22.8 Å². The number of amides is 1. The van der Waals surface area contributed by atoms with Gasteiger partial charge in [0.1, 0.15) is 16.3 Å². The summed E-state index contributed by atoms with van der Waals surface area (Å²) in [6.45, 7) is 3.35. The molecular weight excluding hydrogens is 438 g/mol. The molecule has 12 heteroatoms. The molecule has 0 unspecified atom stereocenters. The summed E-state index contributed by atoms with van der Waals surface area (Å²) in [6, 6.07) is 5.05. The molecule has 11 nitrogen and oxygen atoms in total. The molecule has 0 saturated heterocycles. The lowest BCUT2D eigenvalue weighted by Gasteiger charge is -2.14. The number of aromatic nitrogens is 3. The monoisotopic (exact) mass is 461 g/mol. The van der Waals surface area contributed by atoms with Gasteiger partial charge in [0, 0.05) is 25.7 Å². The number of carbonyl (C=O) groups is 1. The minimum atomic E-state index is -3.92. The van der Waals surface area contributed by atoms with Gasteiger partial charge in [-0.2, -0.15) is 0 Å². The average molecular weight is 462 g/mol. The van der Waals surface area contributed by atoms with Crippen molar-refractivity contribution in [2.45, 2.75) is 24.8 Å². The maximum Gasteiger partial charge on any atom is 0.332 e. The zero-order valence-corrected chi connectivity index (χ0v) is 19.0. The van der Waals surface area contributed by atoms with E-state index in [4.69, 9.17) is 4.74 Å². The number of methoxy groups -OCH3 is 1. The number of sulfonamides is 1. The van der Waals surface area contributed by atoms with E-state index in [2.05, 4.69) is 15.0 Å². The van der Waals surface area contributed by atoms with Crippen LogP contribution in [0.4, 0.5) is 5.69 Å². The van der Waals surface area contributed by atoms with E-state index in [1.807, 2.05) is 0 Å². The summed E-state index contributed by atoms with van der Waals surface area (Å²) in [6.07, 6.45) is 1.31. The van der Waals surface area contributed by atoms with Gasteiger partial charge in [-0.25, -0.2) is 22.9 Å². The molecule has 0 aliphatic carbocycles. The smallest absolute Gasteiger partial charge is 0.332 e. The highest BCUT2D eigenvalue weighted by atomic mass is 32.2. The van der Waals surface area contributed by atoms with E-state index in [1.165, 1.54) is 56.2 Å². The van der Waals surface area contributed by atoms with E-state index in [0.29, 0.717) is 0 Å². The summed E-state index contributed by atoms with van der Waals surface area (Å²) in [7, 11) is 0.241. The minimum absolute atomic E-state index is 0.0587. The zero-order valence-electron chi connectivity index (χ0n) is 18.2. The number of nitrogens with one attached hydrogen (secondary N) is 2. The van der Waals surface area contributed by atoms with Gasteiger partial charge in [0.15, 0.2) is 0 Å². The number of benzene rings is 1. The third-order valence-corrected chi connectivity index (χ3v) is 6.34. The van der Waals surface area contributed by atoms with Crippen LogP contribution in [0.15, 0.2) is 44.9 Å². The summed E-state index contributed by atoms with van der Waals surface area (Å²) < 4.78 is 35.0. The summed E-state index contributed by atoms with van der Waals surface area (Å²) in [5, 5.41) is 2.74. The van der Waals surface area contributed by atoms with Crippen molar-refractivity contribution in [2.24, 2.45) is 14.1 Å². The van der Waals surface area contributed by atoms with Gasteiger partial charge in [0.2, 0.25) is 10.0 Å². The van der Waals surface area contributed by atoms with Gasteiger partial charge in [-0.1, -0.05) is 0 Å². The molecule has 0 radical (unpaired) electrons. The van der Waals surface area contributed by atoms with Crippen LogP contribution in [0.2, 0.25) is 0 Å². The van der Waals surface area contributed by atoms with Crippen molar-refractivity contribution in [3.05, 3.63) is 56.9 Å². The van der Waals surface area contributed by atoms with Gasteiger partial charge in [-0.05, 0) is 38.1 Å². The summed E-state index contributed by atoms with van der Waals surface area (Å²) >= 11 is 0. The second-order valence-electron chi connectivity index (χ2n) is 7.40. The van der Waals surface area contributed by atoms with E-state index in [1.54, 1.807) is 13.8 Å². The van der Waals surface area contributed by atoms with E-state index in [0.717, 1.165) is 4.57 Å². The van der Waals surface area contributed by atoms with Gasteiger partial charge in [-0.3, -0.25) is 18.7 Å². The molecule has 2 heterocycles. The summed E-state index contributed by atoms with van der Waals surface area (Å²) in [5.41, 5.74) is -0.631. The fourth-order valence-corrected chi connectivity index (χ4v) is 4.58. The highest BCUT2D eigenvalue weighted by Gasteiger charge is 2.23. The molecule has 32 heavy (non-hydrogen) atoms. The molecule has 0 spiro atoms. The van der Waals surface area contributed by atoms with Crippen molar-refractivity contribution in [2.75, 3.05) is 12.4 Å². The molecule has 0 bridgehead atoms. The van der Waals surface area contributed by atoms with E-state index >= 15 is 0 Å². The van der Waals surface area contributed by atoms with E-state index in [-0.39, 0.29) is 39.0 Å². The van der Waals surface area contributed by atoms with Crippen molar-refractivity contribution in [1.82, 2.24) is 18.8 Å². The van der Waals surface area contributed by atoms with Crippen LogP contribution in [0.5, 0.6) is 5.75 Å². The molecule has 0 fully saturated rings. The Morgan fingerprint density at radius 2 is 1.81 bits per heavy atom. The molecule has 1 aromatic carbocycles. The Hall–Kier alpha value is -3.51. The van der Waals surface area contributed by atoms with Crippen molar-refractivity contribution >= 4 is 32.7 Å². The Morgan fingerprint density at radius 1 is 1.12 bits per heavy atom.